The molecule has 198 valence electrons. The van der Waals surface area contributed by atoms with Crippen LogP contribution >= 0.6 is 11.8 Å². The molecule has 2 unspecified atom stereocenters. The second-order valence-corrected chi connectivity index (χ2v) is 9.96. The number of amides is 1. The first-order valence-corrected chi connectivity index (χ1v) is 13.4. The average Bonchev–Trinajstić information content (AvgIpc) is 3.09. The minimum atomic E-state index is -0.709. The Kier molecular flexibility index (Phi) is 7.79. The Morgan fingerprint density at radius 2 is 1.69 bits per heavy atom. The van der Waals surface area contributed by atoms with Gasteiger partial charge in [-0.3, -0.25) is 4.79 Å². The molecule has 0 saturated carbocycles. The number of nitrogens with one attached hydrogen (secondary N) is 2. The average molecular weight is 541 g/mol. The van der Waals surface area contributed by atoms with Gasteiger partial charge < -0.3 is 20.1 Å². The first-order valence-electron chi connectivity index (χ1n) is 12.6. The van der Waals surface area contributed by atoms with E-state index in [1.54, 1.807) is 14.0 Å². The molecule has 39 heavy (non-hydrogen) atoms. The summed E-state index contributed by atoms with van der Waals surface area (Å²) in [6, 6.07) is 23.9. The van der Waals surface area contributed by atoms with Crippen LogP contribution in [0, 0.1) is 0 Å². The predicted molar refractivity (Wildman–Crippen MR) is 155 cm³/mol. The molecule has 3 aromatic rings. The van der Waals surface area contributed by atoms with E-state index in [1.807, 2.05) is 85.8 Å². The van der Waals surface area contributed by atoms with E-state index in [-0.39, 0.29) is 12.5 Å². The van der Waals surface area contributed by atoms with Gasteiger partial charge in [-0.25, -0.2) is 14.8 Å². The third-order valence-corrected chi connectivity index (χ3v) is 7.44. The quantitative estimate of drug-likeness (QED) is 0.406. The zero-order valence-electron chi connectivity index (χ0n) is 21.8. The summed E-state index contributed by atoms with van der Waals surface area (Å²) in [5.41, 5.74) is 4.61. The normalized spacial score (nSPS) is 18.6. The van der Waals surface area contributed by atoms with E-state index in [2.05, 4.69) is 10.6 Å². The van der Waals surface area contributed by atoms with Crippen molar-refractivity contribution in [1.82, 2.24) is 5.32 Å². The van der Waals surface area contributed by atoms with Crippen LogP contribution in [0.25, 0.3) is 0 Å². The van der Waals surface area contributed by atoms with Gasteiger partial charge in [-0.1, -0.05) is 66.4 Å². The number of para-hydroxylation sites is 2. The molecule has 0 saturated heterocycles. The number of allylic oxidation sites excluding steroid dienone is 1. The van der Waals surface area contributed by atoms with E-state index in [9.17, 15) is 9.59 Å². The molecule has 5 rings (SSSR count). The molecule has 0 spiro atoms. The largest absolute Gasteiger partial charge is 0.497 e. The van der Waals surface area contributed by atoms with Crippen LogP contribution < -0.4 is 15.4 Å². The molecule has 8 nitrogen and oxygen atoms in total. The maximum absolute atomic E-state index is 13.6. The standard InChI is InChI=1S/C30H28N4O4S/c1-4-38-29(36)24-18(2)31-30(34-25(24)20-14-16-21(37-3)17-15-20)39-27-26(19-10-6-5-7-11-19)32-22-12-8-9-13-23(22)33-28(27)35/h5-17,25,27H,4H2,1-3H3,(H,31,34)(H,33,35). The Morgan fingerprint density at radius 1 is 0.974 bits per heavy atom. The van der Waals surface area contributed by atoms with Gasteiger partial charge in [-0.05, 0) is 49.2 Å². The van der Waals surface area contributed by atoms with Gasteiger partial charge in [0, 0.05) is 5.70 Å². The maximum Gasteiger partial charge on any atom is 0.338 e. The van der Waals surface area contributed by atoms with E-state index in [0.29, 0.717) is 39.3 Å². The lowest BCUT2D eigenvalue weighted by Crippen LogP contribution is -2.37. The molecule has 1 amide bonds. The van der Waals surface area contributed by atoms with Gasteiger partial charge in [-0.2, -0.15) is 0 Å². The number of anilines is 1. The van der Waals surface area contributed by atoms with Crippen molar-refractivity contribution in [3.05, 3.63) is 101 Å². The van der Waals surface area contributed by atoms with Gasteiger partial charge in [0.05, 0.1) is 36.4 Å². The number of rotatable bonds is 6. The van der Waals surface area contributed by atoms with Crippen molar-refractivity contribution in [3.63, 3.8) is 0 Å². The van der Waals surface area contributed by atoms with Gasteiger partial charge in [0.1, 0.15) is 17.0 Å². The molecule has 2 heterocycles. The van der Waals surface area contributed by atoms with Crippen LogP contribution in [0.1, 0.15) is 31.0 Å². The number of ether oxygens (including phenoxy) is 2. The lowest BCUT2D eigenvalue weighted by molar-refractivity contribution is -0.139. The van der Waals surface area contributed by atoms with Crippen LogP contribution in [-0.2, 0) is 14.3 Å². The highest BCUT2D eigenvalue weighted by molar-refractivity contribution is 8.15. The van der Waals surface area contributed by atoms with E-state index in [0.717, 1.165) is 11.1 Å². The molecule has 0 aromatic heterocycles. The number of nitrogens with zero attached hydrogens (tertiary/aromatic N) is 2. The van der Waals surface area contributed by atoms with E-state index >= 15 is 0 Å². The minimum Gasteiger partial charge on any atom is -0.497 e. The number of hydrogen-bond acceptors (Lipinski definition) is 8. The first-order chi connectivity index (χ1) is 19.0. The number of amidine groups is 1. The topological polar surface area (TPSA) is 101 Å². The molecule has 9 heteroatoms. The van der Waals surface area contributed by atoms with Crippen molar-refractivity contribution in [2.75, 3.05) is 19.0 Å². The van der Waals surface area contributed by atoms with Gasteiger partial charge in [0.15, 0.2) is 5.17 Å². The van der Waals surface area contributed by atoms with E-state index < -0.39 is 17.3 Å². The van der Waals surface area contributed by atoms with Crippen LogP contribution in [0.3, 0.4) is 0 Å². The molecule has 3 aromatic carbocycles. The lowest BCUT2D eigenvalue weighted by atomic mass is 9.96. The van der Waals surface area contributed by atoms with E-state index in [4.69, 9.17) is 19.5 Å². The zero-order valence-corrected chi connectivity index (χ0v) is 22.6. The third-order valence-electron chi connectivity index (χ3n) is 6.33. The predicted octanol–water partition coefficient (Wildman–Crippen LogP) is 5.41. The number of hydrogen-bond donors (Lipinski definition) is 2. The fourth-order valence-corrected chi connectivity index (χ4v) is 5.51. The number of carbonyl (C=O) groups is 2. The number of fused-ring (bicyclic) bond motifs is 1. The highest BCUT2D eigenvalue weighted by atomic mass is 32.2. The second kappa shape index (κ2) is 11.6. The maximum atomic E-state index is 13.6. The van der Waals surface area contributed by atoms with E-state index in [1.165, 1.54) is 11.8 Å². The number of methoxy groups -OCH3 is 1. The molecule has 0 radical (unpaired) electrons. The molecule has 2 aliphatic heterocycles. The van der Waals surface area contributed by atoms with Crippen LogP contribution in [0.2, 0.25) is 0 Å². The summed E-state index contributed by atoms with van der Waals surface area (Å²) in [6.07, 6.45) is 0. The molecule has 0 bridgehead atoms. The summed E-state index contributed by atoms with van der Waals surface area (Å²) in [5.74, 6) is 0.0456. The minimum absolute atomic E-state index is 0.212. The van der Waals surface area contributed by atoms with Crippen LogP contribution in [0.5, 0.6) is 5.75 Å². The fourth-order valence-electron chi connectivity index (χ4n) is 4.44. The molecule has 2 atom stereocenters. The molecule has 0 fully saturated rings. The number of thioether (sulfide) groups is 1. The number of carbonyl (C=O) groups excluding carboxylic acids is 2. The number of aliphatic imine (C=N–C) groups is 2. The number of esters is 1. The van der Waals surface area contributed by atoms with Crippen molar-refractivity contribution in [3.8, 4) is 5.75 Å². The van der Waals surface area contributed by atoms with Crippen molar-refractivity contribution in [2.24, 2.45) is 9.98 Å². The van der Waals surface area contributed by atoms with Crippen molar-refractivity contribution >= 4 is 45.9 Å². The van der Waals surface area contributed by atoms with Gasteiger partial charge in [-0.15, -0.1) is 0 Å². The Morgan fingerprint density at radius 3 is 2.41 bits per heavy atom. The van der Waals surface area contributed by atoms with Crippen molar-refractivity contribution in [1.29, 1.82) is 0 Å². The first kappa shape index (κ1) is 26.2. The summed E-state index contributed by atoms with van der Waals surface area (Å²) >= 11 is 1.26. The van der Waals surface area contributed by atoms with Crippen LogP contribution in [0.4, 0.5) is 11.4 Å². The Hall–Kier alpha value is -4.37. The summed E-state index contributed by atoms with van der Waals surface area (Å²) in [7, 11) is 1.60. The summed E-state index contributed by atoms with van der Waals surface area (Å²) in [6.45, 7) is 3.83. The van der Waals surface area contributed by atoms with Crippen molar-refractivity contribution < 1.29 is 19.1 Å². The Bertz CT molecular complexity index is 1480. The Labute approximate surface area is 231 Å². The second-order valence-electron chi connectivity index (χ2n) is 8.86. The molecule has 2 aliphatic rings. The molecule has 0 aliphatic carbocycles. The highest BCUT2D eigenvalue weighted by Gasteiger charge is 2.35. The molecular formula is C30H28N4O4S. The monoisotopic (exact) mass is 540 g/mol. The molecular weight excluding hydrogens is 512 g/mol. The van der Waals surface area contributed by atoms with Gasteiger partial charge in [0.2, 0.25) is 5.91 Å². The smallest absolute Gasteiger partial charge is 0.338 e. The highest BCUT2D eigenvalue weighted by Crippen LogP contribution is 2.37. The fraction of sp³-hybridized carbons (Fsp3) is 0.200. The summed E-state index contributed by atoms with van der Waals surface area (Å²) in [4.78, 5) is 36.4. The van der Waals surface area contributed by atoms with Crippen LogP contribution in [0.15, 0.2) is 100 Å². The third kappa shape index (κ3) is 5.58. The van der Waals surface area contributed by atoms with Crippen molar-refractivity contribution in [2.45, 2.75) is 25.1 Å². The SMILES string of the molecule is CCOC(=O)C1=C(C)NC(SC2C(=O)Nc3ccccc3N=C2c2ccccc2)=NC1c1ccc(OC)cc1. The summed E-state index contributed by atoms with van der Waals surface area (Å²) < 4.78 is 10.7. The van der Waals surface area contributed by atoms with Gasteiger partial charge in [0.25, 0.3) is 0 Å². The van der Waals surface area contributed by atoms with Gasteiger partial charge >= 0.3 is 5.97 Å². The number of benzene rings is 3. The Balaban J connectivity index is 1.55. The summed E-state index contributed by atoms with van der Waals surface area (Å²) in [5, 5.41) is 6.04. The lowest BCUT2D eigenvalue weighted by Gasteiger charge is -2.27. The molecule has 2 N–H and O–H groups in total. The van der Waals surface area contributed by atoms with Crippen LogP contribution in [-0.4, -0.2) is 41.7 Å². The zero-order chi connectivity index (χ0) is 27.4.